The molecule has 5 atom stereocenters. The molecule has 3 heteroatoms. The Morgan fingerprint density at radius 2 is 1.57 bits per heavy atom. The van der Waals surface area contributed by atoms with Crippen molar-refractivity contribution in [1.82, 2.24) is 0 Å². The van der Waals surface area contributed by atoms with E-state index in [4.69, 9.17) is 0 Å². The number of hydrogen-bond donors (Lipinski definition) is 2. The van der Waals surface area contributed by atoms with Crippen molar-refractivity contribution in [3.63, 3.8) is 0 Å². The van der Waals surface area contributed by atoms with Gasteiger partial charge in [0.15, 0.2) is 0 Å². The fourth-order valence-electron chi connectivity index (χ4n) is 20.5. The average molecular weight is 349 g/mol. The summed E-state index contributed by atoms with van der Waals surface area (Å²) in [6.07, 6.45) is 0. The molecule has 122 valence electrons. The van der Waals surface area contributed by atoms with Gasteiger partial charge in [0, 0.05) is 0 Å². The molecule has 0 aliphatic carbocycles. The molecule has 11 rings (SSSR count). The first-order valence-electron chi connectivity index (χ1n) is 9.45. The summed E-state index contributed by atoms with van der Waals surface area (Å²) in [6, 6.07) is 8.90. The van der Waals surface area contributed by atoms with Crippen molar-refractivity contribution in [1.29, 1.82) is 0 Å². The molecule has 5 unspecified atom stereocenters. The number of fused-ring (bicyclic) bond motifs is 10. The van der Waals surface area contributed by atoms with E-state index in [1.807, 2.05) is 0 Å². The standard InChI is InChI=1S/C15H18NO.C5H5.Fe/c1-15(2,3)13-9-6-8-11(13)12-7-4-5-10-14(12)16-17;1-2-4-5-3-1;/h4-10,16-17H,1-3H3;1-5H;. The quantitative estimate of drug-likeness (QED) is 0.530. The predicted molar refractivity (Wildman–Crippen MR) is 85.7 cm³/mol. The van der Waals surface area contributed by atoms with E-state index in [-0.39, 0.29) is 0 Å². The van der Waals surface area contributed by atoms with Gasteiger partial charge in [-0.1, -0.05) is 0 Å². The summed E-state index contributed by atoms with van der Waals surface area (Å²) in [5.74, 6) is 0. The molecule has 1 aromatic carbocycles. The molecule has 0 aromatic heterocycles. The second-order valence-corrected chi connectivity index (χ2v) is 36.9. The SMILES string of the molecule is CC(C)(C)[C]12[CH]3[CH]4[CH]5[C]1(c1ccccc1NO)[Fe]45321678[CH]2[CH]1[CH]6[CH]7[CH]28. The number of para-hydroxylation sites is 1. The molecule has 23 heavy (non-hydrogen) atoms. The molecule has 10 aliphatic rings. The summed E-state index contributed by atoms with van der Waals surface area (Å²) in [5, 5.41) is 9.87. The average Bonchev–Trinajstić information content (AvgIpc) is 3.45. The molecule has 0 amide bonds. The van der Waals surface area contributed by atoms with Gasteiger partial charge in [-0.25, -0.2) is 0 Å². The molecule has 10 fully saturated rings. The van der Waals surface area contributed by atoms with Gasteiger partial charge in [0.25, 0.3) is 0 Å². The van der Waals surface area contributed by atoms with Crippen LogP contribution in [0.25, 0.3) is 0 Å². The van der Waals surface area contributed by atoms with Crippen LogP contribution in [0.3, 0.4) is 0 Å². The van der Waals surface area contributed by atoms with Gasteiger partial charge < -0.3 is 0 Å². The predicted octanol–water partition coefficient (Wildman–Crippen LogP) is 5.70. The molecule has 0 bridgehead atoms. The van der Waals surface area contributed by atoms with Gasteiger partial charge in [-0.05, 0) is 0 Å². The summed E-state index contributed by atoms with van der Waals surface area (Å²) in [4.78, 5) is 10.2. The molecule has 10 saturated heterocycles. The minimum atomic E-state index is -3.44. The third-order valence-electron chi connectivity index (χ3n) is 17.4. The Balaban J connectivity index is 1.49. The van der Waals surface area contributed by atoms with Crippen LogP contribution in [0.15, 0.2) is 24.3 Å². The van der Waals surface area contributed by atoms with Crippen molar-refractivity contribution in [2.45, 2.75) is 67.9 Å². The fraction of sp³-hybridized carbons (Fsp3) is 0.700. The Morgan fingerprint density at radius 1 is 0.957 bits per heavy atom. The molecule has 10 heterocycles. The van der Waals surface area contributed by atoms with Crippen molar-refractivity contribution in [2.75, 3.05) is 5.48 Å². The summed E-state index contributed by atoms with van der Waals surface area (Å²) >= 11 is 0. The Morgan fingerprint density at radius 3 is 2.00 bits per heavy atom. The van der Waals surface area contributed by atoms with E-state index in [9.17, 15) is 5.21 Å². The third kappa shape index (κ3) is 0.126. The van der Waals surface area contributed by atoms with Gasteiger partial charge in [-0.3, -0.25) is 0 Å². The molecular formula is C20H23FeNO. The van der Waals surface area contributed by atoms with E-state index >= 15 is 0 Å². The van der Waals surface area contributed by atoms with Crippen LogP contribution >= 0.6 is 0 Å². The third-order valence-corrected chi connectivity index (χ3v) is 60.7. The molecule has 0 radical (unpaired) electrons. The van der Waals surface area contributed by atoms with Crippen LogP contribution in [0.2, 0.25) is 42.8 Å². The number of anilines is 1. The topological polar surface area (TPSA) is 32.3 Å². The number of hydrogen-bond acceptors (Lipinski definition) is 2. The van der Waals surface area contributed by atoms with Crippen LogP contribution in [0, 0.1) is 5.41 Å². The molecule has 2 N–H and O–H groups in total. The van der Waals surface area contributed by atoms with E-state index in [1.165, 1.54) is 38.5 Å². The van der Waals surface area contributed by atoms with Gasteiger partial charge in [-0.15, -0.1) is 0 Å². The Hall–Kier alpha value is -0.501. The van der Waals surface area contributed by atoms with Crippen LogP contribution in [-0.4, -0.2) is 5.21 Å². The fourth-order valence-corrected chi connectivity index (χ4v) is 99.6. The van der Waals surface area contributed by atoms with Crippen molar-refractivity contribution in [3.8, 4) is 0 Å². The van der Waals surface area contributed by atoms with Gasteiger partial charge in [0.1, 0.15) is 0 Å². The normalized spacial score (nSPS) is 95.0. The summed E-state index contributed by atoms with van der Waals surface area (Å²) in [7, 11) is 0. The maximum atomic E-state index is 9.87. The van der Waals surface area contributed by atoms with Crippen molar-refractivity contribution in [3.05, 3.63) is 29.8 Å². The molecule has 1 spiro atoms. The summed E-state index contributed by atoms with van der Waals surface area (Å²) in [6.45, 7) is 4.37. The van der Waals surface area contributed by atoms with Crippen LogP contribution in [-0.2, 0) is 10.8 Å². The maximum absolute atomic E-state index is 9.87. The second kappa shape index (κ2) is 0.950. The van der Waals surface area contributed by atoms with Gasteiger partial charge in [0.2, 0.25) is 0 Å². The molecule has 1 aromatic rings. The van der Waals surface area contributed by atoms with Crippen molar-refractivity contribution in [2.24, 2.45) is 5.41 Å². The van der Waals surface area contributed by atoms with Gasteiger partial charge >= 0.3 is 126 Å². The van der Waals surface area contributed by atoms with Crippen LogP contribution < -0.4 is 5.48 Å². The molecular weight excluding hydrogens is 326 g/mol. The number of nitrogens with one attached hydrogen (secondary N) is 1. The van der Waals surface area contributed by atoms with Gasteiger partial charge in [-0.2, -0.15) is 0 Å². The zero-order valence-electron chi connectivity index (χ0n) is 13.7. The van der Waals surface area contributed by atoms with Crippen LogP contribution in [0.1, 0.15) is 26.3 Å². The Labute approximate surface area is 126 Å². The van der Waals surface area contributed by atoms with Crippen molar-refractivity contribution >= 4 is 5.69 Å². The van der Waals surface area contributed by atoms with Gasteiger partial charge in [0.05, 0.1) is 0 Å². The van der Waals surface area contributed by atoms with E-state index in [0.29, 0.717) is 9.73 Å². The second-order valence-electron chi connectivity index (χ2n) is 13.7. The first-order chi connectivity index (χ1) is 10.7. The van der Waals surface area contributed by atoms with E-state index in [0.717, 1.165) is 10.0 Å². The van der Waals surface area contributed by atoms with Crippen LogP contribution in [0.5, 0.6) is 0 Å². The zero-order chi connectivity index (χ0) is 15.1. The summed E-state index contributed by atoms with van der Waals surface area (Å²) in [5.41, 5.74) is 5.76. The Kier molecular flexibility index (Phi) is 0.407. The number of benzene rings is 1. The van der Waals surface area contributed by atoms with Crippen molar-refractivity contribution < 1.29 is 11.7 Å². The summed E-state index contributed by atoms with van der Waals surface area (Å²) < 4.78 is 1.41. The monoisotopic (exact) mass is 349 g/mol. The molecule has 10 aliphatic heterocycles. The van der Waals surface area contributed by atoms with E-state index in [1.54, 1.807) is 5.56 Å². The molecule has 2 nitrogen and oxygen atoms in total. The number of rotatable bonds is 2. The molecule has 0 saturated carbocycles. The minimum absolute atomic E-state index is 0.486. The first-order valence-corrected chi connectivity index (χ1v) is 15.7. The van der Waals surface area contributed by atoms with E-state index in [2.05, 4.69) is 50.5 Å². The zero-order valence-corrected chi connectivity index (χ0v) is 14.8. The van der Waals surface area contributed by atoms with Crippen LogP contribution in [0.4, 0.5) is 5.69 Å². The first kappa shape index (κ1) is 9.85. The van der Waals surface area contributed by atoms with E-state index < -0.39 is 6.51 Å². The Bertz CT molecular complexity index is 1310.